The highest BCUT2D eigenvalue weighted by Crippen LogP contribution is 2.40. The summed E-state index contributed by atoms with van der Waals surface area (Å²) in [5.74, 6) is -0.525. The number of carbonyl (C=O) groups is 1. The maximum absolute atomic E-state index is 12.7. The Bertz CT molecular complexity index is 550. The lowest BCUT2D eigenvalue weighted by Gasteiger charge is -2.42. The van der Waals surface area contributed by atoms with Gasteiger partial charge in [-0.15, -0.1) is 0 Å². The largest absolute Gasteiger partial charge is 0.384 e. The summed E-state index contributed by atoms with van der Waals surface area (Å²) in [6.07, 6.45) is 4.97. The molecule has 0 radical (unpaired) electrons. The fourth-order valence-corrected chi connectivity index (χ4v) is 3.13. The van der Waals surface area contributed by atoms with Crippen molar-refractivity contribution in [2.45, 2.75) is 52.2 Å². The fraction of sp³-hybridized carbons (Fsp3) is 0.550. The number of hydrogen-bond acceptors (Lipinski definition) is 3. The number of rotatable bonds is 5. The fourth-order valence-electron chi connectivity index (χ4n) is 3.13. The molecule has 1 heterocycles. The second-order valence-corrected chi connectivity index (χ2v) is 7.45. The van der Waals surface area contributed by atoms with E-state index in [1.54, 1.807) is 6.08 Å². The highest BCUT2D eigenvalue weighted by Gasteiger charge is 2.47. The summed E-state index contributed by atoms with van der Waals surface area (Å²) < 4.78 is 5.52. The topological polar surface area (TPSA) is 46.5 Å². The minimum absolute atomic E-state index is 0.00219. The highest BCUT2D eigenvalue weighted by molar-refractivity contribution is 5.87. The number of ether oxygens (including phenoxy) is 1. The van der Waals surface area contributed by atoms with Crippen LogP contribution in [-0.4, -0.2) is 29.2 Å². The van der Waals surface area contributed by atoms with Gasteiger partial charge in [-0.1, -0.05) is 70.2 Å². The molecule has 1 saturated heterocycles. The van der Waals surface area contributed by atoms with Crippen LogP contribution in [0.5, 0.6) is 0 Å². The second-order valence-electron chi connectivity index (χ2n) is 7.45. The van der Waals surface area contributed by atoms with Crippen LogP contribution < -0.4 is 0 Å². The molecule has 0 spiro atoms. The number of Topliss-reactive ketones (excluding diaryl/α,β-unsaturated/α-hetero) is 1. The zero-order valence-corrected chi connectivity index (χ0v) is 14.6. The van der Waals surface area contributed by atoms with Gasteiger partial charge in [0.2, 0.25) is 0 Å². The van der Waals surface area contributed by atoms with Gasteiger partial charge in [0.05, 0.1) is 11.5 Å². The van der Waals surface area contributed by atoms with Crippen LogP contribution in [-0.2, 0) is 9.53 Å². The molecule has 126 valence electrons. The van der Waals surface area contributed by atoms with E-state index in [0.29, 0.717) is 6.61 Å². The van der Waals surface area contributed by atoms with E-state index in [1.165, 1.54) is 0 Å². The van der Waals surface area contributed by atoms with Crippen molar-refractivity contribution in [3.05, 3.63) is 42.0 Å². The van der Waals surface area contributed by atoms with Crippen LogP contribution in [0.4, 0.5) is 0 Å². The van der Waals surface area contributed by atoms with E-state index in [9.17, 15) is 9.90 Å². The molecule has 1 N–H and O–H groups in total. The average Bonchev–Trinajstić information content (AvgIpc) is 3.05. The summed E-state index contributed by atoms with van der Waals surface area (Å²) in [5.41, 5.74) is -0.690. The summed E-state index contributed by atoms with van der Waals surface area (Å²) in [6, 6.07) is 9.82. The van der Waals surface area contributed by atoms with Crippen molar-refractivity contribution in [3.63, 3.8) is 0 Å². The van der Waals surface area contributed by atoms with Gasteiger partial charge in [-0.3, -0.25) is 4.79 Å². The summed E-state index contributed by atoms with van der Waals surface area (Å²) in [4.78, 5) is 12.7. The minimum Gasteiger partial charge on any atom is -0.384 e. The summed E-state index contributed by atoms with van der Waals surface area (Å²) in [5, 5.41) is 11.3. The third kappa shape index (κ3) is 3.91. The Morgan fingerprint density at radius 1 is 1.30 bits per heavy atom. The number of carbonyl (C=O) groups excluding carboxylic acids is 1. The number of ketones is 1. The number of hydrogen-bond donors (Lipinski definition) is 1. The monoisotopic (exact) mass is 316 g/mol. The van der Waals surface area contributed by atoms with Crippen LogP contribution in [0.25, 0.3) is 6.08 Å². The maximum atomic E-state index is 12.7. The molecule has 0 bridgehead atoms. The molecule has 0 saturated carbocycles. The molecule has 23 heavy (non-hydrogen) atoms. The molecular formula is C20H28O3. The molecule has 0 amide bonds. The highest BCUT2D eigenvalue weighted by atomic mass is 16.5. The first kappa shape index (κ1) is 17.9. The van der Waals surface area contributed by atoms with Gasteiger partial charge in [-0.2, -0.15) is 0 Å². The van der Waals surface area contributed by atoms with Crippen molar-refractivity contribution in [2.24, 2.45) is 11.3 Å². The van der Waals surface area contributed by atoms with Gasteiger partial charge >= 0.3 is 0 Å². The van der Waals surface area contributed by atoms with Crippen LogP contribution >= 0.6 is 0 Å². The van der Waals surface area contributed by atoms with Gasteiger partial charge in [-0.05, 0) is 23.8 Å². The molecule has 0 aliphatic carbocycles. The van der Waals surface area contributed by atoms with Crippen molar-refractivity contribution >= 4 is 11.9 Å². The first-order valence-electron chi connectivity index (χ1n) is 8.38. The Hall–Kier alpha value is -1.45. The third-order valence-electron chi connectivity index (χ3n) is 4.86. The van der Waals surface area contributed by atoms with Crippen LogP contribution in [0.15, 0.2) is 36.4 Å². The van der Waals surface area contributed by atoms with Gasteiger partial charge in [-0.25, -0.2) is 0 Å². The van der Waals surface area contributed by atoms with Crippen LogP contribution in [0.2, 0.25) is 0 Å². The Morgan fingerprint density at radius 3 is 2.48 bits per heavy atom. The van der Waals surface area contributed by atoms with Gasteiger partial charge in [0.25, 0.3) is 0 Å². The lowest BCUT2D eigenvalue weighted by molar-refractivity contribution is -0.144. The number of benzene rings is 1. The third-order valence-corrected chi connectivity index (χ3v) is 4.86. The second kappa shape index (κ2) is 6.98. The summed E-state index contributed by atoms with van der Waals surface area (Å²) in [6.45, 7) is 8.33. The lowest BCUT2D eigenvalue weighted by atomic mass is 9.67. The van der Waals surface area contributed by atoms with E-state index in [0.717, 1.165) is 18.4 Å². The zero-order chi connectivity index (χ0) is 17.1. The molecule has 1 aliphatic heterocycles. The molecule has 1 aromatic rings. The predicted octanol–water partition coefficient (Wildman–Crippen LogP) is 3.86. The summed E-state index contributed by atoms with van der Waals surface area (Å²) in [7, 11) is 0. The molecule has 3 unspecified atom stereocenters. The van der Waals surface area contributed by atoms with Crippen molar-refractivity contribution < 1.29 is 14.6 Å². The van der Waals surface area contributed by atoms with Gasteiger partial charge in [0.15, 0.2) is 5.78 Å². The number of aliphatic hydroxyl groups is 1. The van der Waals surface area contributed by atoms with E-state index in [2.05, 4.69) is 0 Å². The summed E-state index contributed by atoms with van der Waals surface area (Å²) >= 11 is 0. The minimum atomic E-state index is -1.23. The Balaban J connectivity index is 2.27. The average molecular weight is 316 g/mol. The van der Waals surface area contributed by atoms with Crippen molar-refractivity contribution in [2.75, 3.05) is 6.61 Å². The van der Waals surface area contributed by atoms with E-state index < -0.39 is 16.9 Å². The molecule has 2 rings (SSSR count). The van der Waals surface area contributed by atoms with Crippen LogP contribution in [0.3, 0.4) is 0 Å². The van der Waals surface area contributed by atoms with Crippen LogP contribution in [0.1, 0.15) is 46.1 Å². The first-order valence-corrected chi connectivity index (χ1v) is 8.38. The Morgan fingerprint density at radius 2 is 1.96 bits per heavy atom. The Labute approximate surface area is 139 Å². The normalized spacial score (nSPS) is 22.9. The standard InChI is InChI=1S/C20H28O3/c1-15(18(21)17-11-8-14-23-17)20(22,19(2,3)4)13-12-16-9-6-5-7-10-16/h5-7,9-10,12-13,15,17,22H,8,11,14H2,1-4H3/b13-12+. The van der Waals surface area contributed by atoms with Crippen LogP contribution in [0, 0.1) is 11.3 Å². The Kier molecular flexibility index (Phi) is 5.43. The van der Waals surface area contributed by atoms with E-state index in [-0.39, 0.29) is 11.9 Å². The quantitative estimate of drug-likeness (QED) is 0.897. The molecule has 3 nitrogen and oxygen atoms in total. The van der Waals surface area contributed by atoms with Gasteiger partial charge in [0.1, 0.15) is 6.10 Å². The molecule has 0 aromatic heterocycles. The molecular weight excluding hydrogens is 288 g/mol. The van der Waals surface area contributed by atoms with Gasteiger partial charge < -0.3 is 9.84 Å². The van der Waals surface area contributed by atoms with Crippen molar-refractivity contribution in [3.8, 4) is 0 Å². The predicted molar refractivity (Wildman–Crippen MR) is 93.0 cm³/mol. The molecule has 3 atom stereocenters. The molecule has 1 aromatic carbocycles. The maximum Gasteiger partial charge on any atom is 0.167 e. The zero-order valence-electron chi connectivity index (χ0n) is 14.6. The SMILES string of the molecule is CC(C(=O)C1CCCO1)C(O)(/C=C/c1ccccc1)C(C)(C)C. The lowest BCUT2D eigenvalue weighted by Crippen LogP contribution is -2.51. The smallest absolute Gasteiger partial charge is 0.167 e. The van der Waals surface area contributed by atoms with E-state index in [4.69, 9.17) is 4.74 Å². The van der Waals surface area contributed by atoms with Gasteiger partial charge in [0, 0.05) is 6.61 Å². The first-order chi connectivity index (χ1) is 10.8. The molecule has 1 fully saturated rings. The van der Waals surface area contributed by atoms with E-state index in [1.807, 2.05) is 64.1 Å². The molecule has 1 aliphatic rings. The van der Waals surface area contributed by atoms with Crippen molar-refractivity contribution in [1.29, 1.82) is 0 Å². The van der Waals surface area contributed by atoms with E-state index >= 15 is 0 Å². The molecule has 3 heteroatoms. The van der Waals surface area contributed by atoms with Crippen molar-refractivity contribution in [1.82, 2.24) is 0 Å².